The lowest BCUT2D eigenvalue weighted by molar-refractivity contribution is -0.385. The van der Waals surface area contributed by atoms with Crippen LogP contribution in [0.2, 0.25) is 0 Å². The Morgan fingerprint density at radius 1 is 1.14 bits per heavy atom. The van der Waals surface area contributed by atoms with E-state index in [0.717, 1.165) is 12.0 Å². The van der Waals surface area contributed by atoms with Crippen molar-refractivity contribution in [2.45, 2.75) is 25.2 Å². The Bertz CT molecular complexity index is 799. The van der Waals surface area contributed by atoms with Gasteiger partial charge in [-0.3, -0.25) is 14.8 Å². The number of nitrogens with one attached hydrogen (secondary N) is 1. The fourth-order valence-electron chi connectivity index (χ4n) is 2.04. The first-order valence-electron chi connectivity index (χ1n) is 6.71. The van der Waals surface area contributed by atoms with Crippen molar-refractivity contribution in [2.75, 3.05) is 4.72 Å². The number of nitro benzene ring substituents is 1. The highest BCUT2D eigenvalue weighted by atomic mass is 32.2. The highest BCUT2D eigenvalue weighted by Crippen LogP contribution is 2.27. The predicted molar refractivity (Wildman–Crippen MR) is 84.5 cm³/mol. The highest BCUT2D eigenvalue weighted by molar-refractivity contribution is 7.92. The SMILES string of the molecule is CCc1ccc(S(=O)(=O)Nc2cccc([N+](=O)[O-])c2C)cc1. The Morgan fingerprint density at radius 2 is 1.77 bits per heavy atom. The zero-order chi connectivity index (χ0) is 16.3. The van der Waals surface area contributed by atoms with E-state index in [1.54, 1.807) is 12.1 Å². The van der Waals surface area contributed by atoms with Gasteiger partial charge in [0, 0.05) is 6.07 Å². The summed E-state index contributed by atoms with van der Waals surface area (Å²) in [5.41, 5.74) is 1.39. The summed E-state index contributed by atoms with van der Waals surface area (Å²) in [7, 11) is -3.78. The van der Waals surface area contributed by atoms with Crippen LogP contribution in [0.5, 0.6) is 0 Å². The summed E-state index contributed by atoms with van der Waals surface area (Å²) >= 11 is 0. The molecule has 0 saturated carbocycles. The van der Waals surface area contributed by atoms with Crippen molar-refractivity contribution in [3.8, 4) is 0 Å². The van der Waals surface area contributed by atoms with Crippen molar-refractivity contribution < 1.29 is 13.3 Å². The van der Waals surface area contributed by atoms with Crippen LogP contribution in [0.15, 0.2) is 47.4 Å². The molecule has 0 aliphatic heterocycles. The van der Waals surface area contributed by atoms with Gasteiger partial charge in [0.2, 0.25) is 0 Å². The van der Waals surface area contributed by atoms with Crippen molar-refractivity contribution in [3.05, 3.63) is 63.7 Å². The molecule has 0 aliphatic rings. The number of aryl methyl sites for hydroxylation is 1. The van der Waals surface area contributed by atoms with Gasteiger partial charge >= 0.3 is 0 Å². The van der Waals surface area contributed by atoms with E-state index in [1.807, 2.05) is 6.92 Å². The Morgan fingerprint density at radius 3 is 2.32 bits per heavy atom. The van der Waals surface area contributed by atoms with E-state index in [1.165, 1.54) is 37.3 Å². The van der Waals surface area contributed by atoms with Gasteiger partial charge in [-0.25, -0.2) is 8.42 Å². The maximum Gasteiger partial charge on any atom is 0.274 e. The molecule has 2 aromatic rings. The largest absolute Gasteiger partial charge is 0.279 e. The maximum atomic E-state index is 12.4. The van der Waals surface area contributed by atoms with Gasteiger partial charge < -0.3 is 0 Å². The normalized spacial score (nSPS) is 11.2. The van der Waals surface area contributed by atoms with E-state index in [2.05, 4.69) is 4.72 Å². The minimum atomic E-state index is -3.78. The third kappa shape index (κ3) is 3.25. The van der Waals surface area contributed by atoms with Gasteiger partial charge in [-0.1, -0.05) is 25.1 Å². The number of anilines is 1. The van der Waals surface area contributed by atoms with E-state index in [-0.39, 0.29) is 21.8 Å². The van der Waals surface area contributed by atoms with Crippen LogP contribution in [0, 0.1) is 17.0 Å². The van der Waals surface area contributed by atoms with E-state index < -0.39 is 14.9 Å². The van der Waals surface area contributed by atoms with Crippen LogP contribution in [0.3, 0.4) is 0 Å². The molecule has 0 aromatic heterocycles. The van der Waals surface area contributed by atoms with Gasteiger partial charge in [-0.15, -0.1) is 0 Å². The van der Waals surface area contributed by atoms with Crippen molar-refractivity contribution in [2.24, 2.45) is 0 Å². The monoisotopic (exact) mass is 320 g/mol. The van der Waals surface area contributed by atoms with Crippen LogP contribution in [-0.2, 0) is 16.4 Å². The summed E-state index contributed by atoms with van der Waals surface area (Å²) in [5.74, 6) is 0. The lowest BCUT2D eigenvalue weighted by Crippen LogP contribution is -2.14. The molecule has 0 spiro atoms. The summed E-state index contributed by atoms with van der Waals surface area (Å²) < 4.78 is 27.1. The van der Waals surface area contributed by atoms with E-state index in [0.29, 0.717) is 0 Å². The molecule has 0 heterocycles. The fourth-order valence-corrected chi connectivity index (χ4v) is 3.16. The van der Waals surface area contributed by atoms with Gasteiger partial charge in [0.1, 0.15) is 0 Å². The van der Waals surface area contributed by atoms with Crippen molar-refractivity contribution >= 4 is 21.4 Å². The number of nitro groups is 1. The molecule has 116 valence electrons. The summed E-state index contributed by atoms with van der Waals surface area (Å²) in [6.07, 6.45) is 0.817. The average molecular weight is 320 g/mol. The van der Waals surface area contributed by atoms with Crippen LogP contribution < -0.4 is 4.72 Å². The molecule has 1 N–H and O–H groups in total. The van der Waals surface area contributed by atoms with Gasteiger partial charge in [0.05, 0.1) is 21.1 Å². The van der Waals surface area contributed by atoms with Gasteiger partial charge in [-0.2, -0.15) is 0 Å². The average Bonchev–Trinajstić information content (AvgIpc) is 2.49. The van der Waals surface area contributed by atoms with E-state index in [9.17, 15) is 18.5 Å². The van der Waals surface area contributed by atoms with Crippen molar-refractivity contribution in [3.63, 3.8) is 0 Å². The zero-order valence-electron chi connectivity index (χ0n) is 12.2. The lowest BCUT2D eigenvalue weighted by atomic mass is 10.2. The van der Waals surface area contributed by atoms with E-state index in [4.69, 9.17) is 0 Å². The highest BCUT2D eigenvalue weighted by Gasteiger charge is 2.19. The molecule has 22 heavy (non-hydrogen) atoms. The first-order chi connectivity index (χ1) is 10.3. The zero-order valence-corrected chi connectivity index (χ0v) is 13.1. The first kappa shape index (κ1) is 16.0. The van der Waals surface area contributed by atoms with Crippen LogP contribution in [0.1, 0.15) is 18.1 Å². The van der Waals surface area contributed by atoms with Crippen LogP contribution in [0.4, 0.5) is 11.4 Å². The minimum Gasteiger partial charge on any atom is -0.279 e. The summed E-state index contributed by atoms with van der Waals surface area (Å²) in [6, 6.07) is 10.8. The number of nitrogens with zero attached hydrogens (tertiary/aromatic N) is 1. The maximum absolute atomic E-state index is 12.4. The second-order valence-corrected chi connectivity index (χ2v) is 6.49. The number of rotatable bonds is 5. The Labute approximate surface area is 129 Å². The van der Waals surface area contributed by atoms with Crippen LogP contribution >= 0.6 is 0 Å². The summed E-state index contributed by atoms with van der Waals surface area (Å²) in [6.45, 7) is 3.49. The predicted octanol–water partition coefficient (Wildman–Crippen LogP) is 3.27. The van der Waals surface area contributed by atoms with Crippen molar-refractivity contribution in [1.82, 2.24) is 0 Å². The Balaban J connectivity index is 2.36. The van der Waals surface area contributed by atoms with Gasteiger partial charge in [0.15, 0.2) is 0 Å². The lowest BCUT2D eigenvalue weighted by Gasteiger charge is -2.11. The number of sulfonamides is 1. The molecule has 0 unspecified atom stereocenters. The molecular formula is C15H16N2O4S. The third-order valence-corrected chi connectivity index (χ3v) is 4.77. The van der Waals surface area contributed by atoms with E-state index >= 15 is 0 Å². The number of hydrogen-bond acceptors (Lipinski definition) is 4. The van der Waals surface area contributed by atoms with Crippen LogP contribution in [-0.4, -0.2) is 13.3 Å². The smallest absolute Gasteiger partial charge is 0.274 e. The molecular weight excluding hydrogens is 304 g/mol. The fraction of sp³-hybridized carbons (Fsp3) is 0.200. The Hall–Kier alpha value is -2.41. The van der Waals surface area contributed by atoms with Gasteiger partial charge in [0.25, 0.3) is 15.7 Å². The summed E-state index contributed by atoms with van der Waals surface area (Å²) in [5, 5.41) is 10.9. The molecule has 0 fully saturated rings. The number of hydrogen-bond donors (Lipinski definition) is 1. The molecule has 7 heteroatoms. The molecule has 0 radical (unpaired) electrons. The quantitative estimate of drug-likeness (QED) is 0.676. The second kappa shape index (κ2) is 6.15. The second-order valence-electron chi connectivity index (χ2n) is 4.81. The van der Waals surface area contributed by atoms with Crippen LogP contribution in [0.25, 0.3) is 0 Å². The standard InChI is InChI=1S/C15H16N2O4S/c1-3-12-7-9-13(10-8-12)22(20,21)16-14-5-4-6-15(11(14)2)17(18)19/h4-10,16H,3H2,1-2H3. The van der Waals surface area contributed by atoms with Gasteiger partial charge in [-0.05, 0) is 37.1 Å². The minimum absolute atomic E-state index is 0.121. The number of benzene rings is 2. The first-order valence-corrected chi connectivity index (χ1v) is 8.19. The Kier molecular flexibility index (Phi) is 4.46. The molecule has 0 amide bonds. The molecule has 0 atom stereocenters. The molecule has 0 bridgehead atoms. The third-order valence-electron chi connectivity index (χ3n) is 3.39. The molecule has 0 aliphatic carbocycles. The molecule has 6 nitrogen and oxygen atoms in total. The summed E-state index contributed by atoms with van der Waals surface area (Å²) in [4.78, 5) is 10.5. The van der Waals surface area contributed by atoms with Crippen molar-refractivity contribution in [1.29, 1.82) is 0 Å². The topological polar surface area (TPSA) is 89.3 Å². The molecule has 2 rings (SSSR count). The molecule has 0 saturated heterocycles. The molecule has 2 aromatic carbocycles.